The highest BCUT2D eigenvalue weighted by molar-refractivity contribution is 5.85. The van der Waals surface area contributed by atoms with Gasteiger partial charge in [-0.25, -0.2) is 0 Å². The third-order valence-corrected chi connectivity index (χ3v) is 2.40. The highest BCUT2D eigenvalue weighted by Gasteiger charge is 2.08. The third-order valence-electron chi connectivity index (χ3n) is 2.40. The van der Waals surface area contributed by atoms with Crippen LogP contribution in [-0.4, -0.2) is 39.1 Å². The van der Waals surface area contributed by atoms with Crippen molar-refractivity contribution < 1.29 is 19.1 Å². The summed E-state index contributed by atoms with van der Waals surface area (Å²) < 4.78 is 10.5. The summed E-state index contributed by atoms with van der Waals surface area (Å²) in [5.41, 5.74) is 1.04. The van der Waals surface area contributed by atoms with Crippen LogP contribution in [0.15, 0.2) is 18.2 Å². The average Bonchev–Trinajstić information content (AvgIpc) is 2.43. The molecule has 0 fully saturated rings. The van der Waals surface area contributed by atoms with E-state index in [0.29, 0.717) is 11.5 Å². The Hall–Kier alpha value is -2.24. The van der Waals surface area contributed by atoms with E-state index in [1.54, 1.807) is 6.07 Å². The van der Waals surface area contributed by atoms with Crippen LogP contribution < -0.4 is 20.1 Å². The first-order valence-corrected chi connectivity index (χ1v) is 5.81. The molecule has 0 aromatic heterocycles. The van der Waals surface area contributed by atoms with Gasteiger partial charge in [0.25, 0.3) is 5.91 Å². The molecule has 6 nitrogen and oxygen atoms in total. The molecule has 19 heavy (non-hydrogen) atoms. The van der Waals surface area contributed by atoms with E-state index >= 15 is 0 Å². The molecular weight excluding hydrogens is 248 g/mol. The SMILES string of the molecule is CNC(=O)CNC(=O)COc1ccc(C)cc1OC. The number of nitrogens with one attached hydrogen (secondary N) is 2. The quantitative estimate of drug-likeness (QED) is 0.773. The van der Waals surface area contributed by atoms with Crippen LogP contribution >= 0.6 is 0 Å². The maximum absolute atomic E-state index is 11.4. The van der Waals surface area contributed by atoms with Gasteiger partial charge in [0, 0.05) is 7.05 Å². The average molecular weight is 266 g/mol. The molecule has 0 atom stereocenters. The molecule has 0 aliphatic carbocycles. The van der Waals surface area contributed by atoms with Crippen LogP contribution in [0, 0.1) is 6.92 Å². The Balaban J connectivity index is 2.48. The molecule has 1 aromatic rings. The first-order valence-electron chi connectivity index (χ1n) is 5.81. The molecule has 0 aliphatic heterocycles. The lowest BCUT2D eigenvalue weighted by Crippen LogP contribution is -2.37. The summed E-state index contributed by atoms with van der Waals surface area (Å²) in [5, 5.41) is 4.84. The first-order chi connectivity index (χ1) is 9.06. The van der Waals surface area contributed by atoms with E-state index in [-0.39, 0.29) is 25.0 Å². The number of hydrogen-bond acceptors (Lipinski definition) is 4. The van der Waals surface area contributed by atoms with E-state index in [9.17, 15) is 9.59 Å². The zero-order valence-corrected chi connectivity index (χ0v) is 11.3. The largest absolute Gasteiger partial charge is 0.493 e. The monoisotopic (exact) mass is 266 g/mol. The number of likely N-dealkylation sites (N-methyl/N-ethyl adjacent to an activating group) is 1. The van der Waals surface area contributed by atoms with Crippen molar-refractivity contribution in [2.45, 2.75) is 6.92 Å². The van der Waals surface area contributed by atoms with E-state index in [4.69, 9.17) is 9.47 Å². The Bertz CT molecular complexity index is 460. The van der Waals surface area contributed by atoms with Crippen LogP contribution in [0.1, 0.15) is 5.56 Å². The number of methoxy groups -OCH3 is 1. The summed E-state index contributed by atoms with van der Waals surface area (Å²) in [4.78, 5) is 22.4. The normalized spacial score (nSPS) is 9.63. The molecule has 2 N–H and O–H groups in total. The number of aryl methyl sites for hydroxylation is 1. The maximum atomic E-state index is 11.4. The van der Waals surface area contributed by atoms with Gasteiger partial charge in [-0.2, -0.15) is 0 Å². The third kappa shape index (κ3) is 4.87. The smallest absolute Gasteiger partial charge is 0.258 e. The molecule has 104 valence electrons. The van der Waals surface area contributed by atoms with Gasteiger partial charge in [-0.05, 0) is 24.6 Å². The van der Waals surface area contributed by atoms with E-state index in [0.717, 1.165) is 5.56 Å². The second-order valence-corrected chi connectivity index (χ2v) is 3.89. The van der Waals surface area contributed by atoms with Crippen LogP contribution in [0.3, 0.4) is 0 Å². The Morgan fingerprint density at radius 3 is 2.58 bits per heavy atom. The number of ether oxygens (including phenoxy) is 2. The van der Waals surface area contributed by atoms with Gasteiger partial charge in [0.05, 0.1) is 13.7 Å². The van der Waals surface area contributed by atoms with Crippen LogP contribution in [0.4, 0.5) is 0 Å². The van der Waals surface area contributed by atoms with Gasteiger partial charge >= 0.3 is 0 Å². The van der Waals surface area contributed by atoms with Crippen LogP contribution in [0.25, 0.3) is 0 Å². The lowest BCUT2D eigenvalue weighted by molar-refractivity contribution is -0.127. The second-order valence-electron chi connectivity index (χ2n) is 3.89. The predicted octanol–water partition coefficient (Wildman–Crippen LogP) is 0.245. The molecule has 0 saturated heterocycles. The maximum Gasteiger partial charge on any atom is 0.258 e. The van der Waals surface area contributed by atoms with Crippen LogP contribution in [-0.2, 0) is 9.59 Å². The second kappa shape index (κ2) is 7.25. The van der Waals surface area contributed by atoms with Crippen molar-refractivity contribution in [2.24, 2.45) is 0 Å². The fraction of sp³-hybridized carbons (Fsp3) is 0.385. The van der Waals surface area contributed by atoms with Crippen molar-refractivity contribution in [3.05, 3.63) is 23.8 Å². The lowest BCUT2D eigenvalue weighted by Gasteiger charge is -2.11. The topological polar surface area (TPSA) is 76.7 Å². The van der Waals surface area contributed by atoms with Gasteiger partial charge in [-0.1, -0.05) is 6.07 Å². The molecular formula is C13H18N2O4. The fourth-order valence-corrected chi connectivity index (χ4v) is 1.36. The lowest BCUT2D eigenvalue weighted by atomic mass is 10.2. The Kier molecular flexibility index (Phi) is 5.66. The van der Waals surface area contributed by atoms with Crippen molar-refractivity contribution in [1.29, 1.82) is 0 Å². The number of benzene rings is 1. The van der Waals surface area contributed by atoms with E-state index < -0.39 is 0 Å². The van der Waals surface area contributed by atoms with E-state index in [2.05, 4.69) is 10.6 Å². The zero-order chi connectivity index (χ0) is 14.3. The van der Waals surface area contributed by atoms with Crippen LogP contribution in [0.5, 0.6) is 11.5 Å². The standard InChI is InChI=1S/C13H18N2O4/c1-9-4-5-10(11(6-9)18-3)19-8-13(17)15-7-12(16)14-2/h4-6H,7-8H2,1-3H3,(H,14,16)(H,15,17). The molecule has 0 saturated carbocycles. The summed E-state index contributed by atoms with van der Waals surface area (Å²) in [6, 6.07) is 5.41. The zero-order valence-electron chi connectivity index (χ0n) is 11.3. The van der Waals surface area contributed by atoms with Gasteiger partial charge in [0.1, 0.15) is 0 Å². The molecule has 0 radical (unpaired) electrons. The predicted molar refractivity (Wildman–Crippen MR) is 70.3 cm³/mol. The van der Waals surface area contributed by atoms with Crippen LogP contribution in [0.2, 0.25) is 0 Å². The summed E-state index contributed by atoms with van der Waals surface area (Å²) in [6.07, 6.45) is 0. The van der Waals surface area contributed by atoms with Gasteiger partial charge in [0.2, 0.25) is 5.91 Å². The van der Waals surface area contributed by atoms with Crippen molar-refractivity contribution in [2.75, 3.05) is 27.3 Å². The van der Waals surface area contributed by atoms with Crippen molar-refractivity contribution in [3.8, 4) is 11.5 Å². The number of carbonyl (C=O) groups excluding carboxylic acids is 2. The molecule has 6 heteroatoms. The first kappa shape index (κ1) is 14.8. The number of hydrogen-bond donors (Lipinski definition) is 2. The van der Waals surface area contributed by atoms with E-state index in [1.807, 2.05) is 19.1 Å². The molecule has 0 unspecified atom stereocenters. The molecule has 1 aromatic carbocycles. The highest BCUT2D eigenvalue weighted by Crippen LogP contribution is 2.27. The molecule has 0 aliphatic rings. The summed E-state index contributed by atoms with van der Waals surface area (Å²) >= 11 is 0. The number of carbonyl (C=O) groups is 2. The van der Waals surface area contributed by atoms with E-state index in [1.165, 1.54) is 14.2 Å². The Morgan fingerprint density at radius 1 is 1.21 bits per heavy atom. The summed E-state index contributed by atoms with van der Waals surface area (Å²) in [5.74, 6) is 0.426. The molecule has 1 rings (SSSR count). The fourth-order valence-electron chi connectivity index (χ4n) is 1.36. The van der Waals surface area contributed by atoms with Crippen molar-refractivity contribution >= 4 is 11.8 Å². The number of rotatable bonds is 6. The molecule has 0 bridgehead atoms. The highest BCUT2D eigenvalue weighted by atomic mass is 16.5. The van der Waals surface area contributed by atoms with Crippen molar-refractivity contribution in [3.63, 3.8) is 0 Å². The van der Waals surface area contributed by atoms with Gasteiger partial charge in [0.15, 0.2) is 18.1 Å². The Morgan fingerprint density at radius 2 is 1.95 bits per heavy atom. The molecule has 2 amide bonds. The minimum atomic E-state index is -0.369. The van der Waals surface area contributed by atoms with Gasteiger partial charge in [-0.3, -0.25) is 9.59 Å². The van der Waals surface area contributed by atoms with Gasteiger partial charge in [-0.15, -0.1) is 0 Å². The van der Waals surface area contributed by atoms with Crippen molar-refractivity contribution in [1.82, 2.24) is 10.6 Å². The summed E-state index contributed by atoms with van der Waals surface area (Å²) in [7, 11) is 3.04. The number of amides is 2. The van der Waals surface area contributed by atoms with Gasteiger partial charge < -0.3 is 20.1 Å². The minimum Gasteiger partial charge on any atom is -0.493 e. The summed E-state index contributed by atoms with van der Waals surface area (Å²) in [6.45, 7) is 1.70. The molecule has 0 heterocycles. The Labute approximate surface area is 112 Å². The molecule has 0 spiro atoms. The minimum absolute atomic E-state index is 0.0657.